The van der Waals surface area contributed by atoms with Gasteiger partial charge in [0.2, 0.25) is 0 Å². The third-order valence-corrected chi connectivity index (χ3v) is 3.10. The van der Waals surface area contributed by atoms with Gasteiger partial charge in [0.1, 0.15) is 0 Å². The molecular formula is C16H23N3. The summed E-state index contributed by atoms with van der Waals surface area (Å²) >= 11 is 0. The number of hydrogen-bond donors (Lipinski definition) is 1. The Kier molecular flexibility index (Phi) is 4.38. The van der Waals surface area contributed by atoms with Gasteiger partial charge in [-0.3, -0.25) is 0 Å². The average molecular weight is 257 g/mol. The molecule has 0 radical (unpaired) electrons. The lowest BCUT2D eigenvalue weighted by molar-refractivity contribution is 0.551. The Bertz CT molecular complexity index is 541. The first-order chi connectivity index (χ1) is 9.08. The first-order valence-corrected chi connectivity index (χ1v) is 6.90. The zero-order valence-corrected chi connectivity index (χ0v) is 12.3. The number of rotatable bonds is 5. The average Bonchev–Trinajstić information content (AvgIpc) is 2.68. The summed E-state index contributed by atoms with van der Waals surface area (Å²) in [4.78, 5) is 0. The molecule has 1 N–H and O–H groups in total. The molecule has 0 aliphatic heterocycles. The fraction of sp³-hybridized carbons (Fsp3) is 0.438. The van der Waals surface area contributed by atoms with E-state index in [1.54, 1.807) is 0 Å². The lowest BCUT2D eigenvalue weighted by atomic mass is 10.1. The maximum Gasteiger partial charge on any atom is 0.0693 e. The van der Waals surface area contributed by atoms with Crippen molar-refractivity contribution in [2.75, 3.05) is 6.54 Å². The molecule has 0 fully saturated rings. The van der Waals surface area contributed by atoms with Crippen LogP contribution < -0.4 is 5.32 Å². The minimum Gasteiger partial charge on any atom is -0.312 e. The number of hydrogen-bond acceptors (Lipinski definition) is 2. The molecule has 3 heteroatoms. The van der Waals surface area contributed by atoms with E-state index in [4.69, 9.17) is 0 Å². The number of nitrogens with one attached hydrogen (secondary N) is 1. The summed E-state index contributed by atoms with van der Waals surface area (Å²) in [5.41, 5.74) is 4.69. The van der Waals surface area contributed by atoms with Crippen LogP contribution in [0, 0.1) is 19.8 Å². The van der Waals surface area contributed by atoms with Crippen LogP contribution in [0.25, 0.3) is 5.69 Å². The number of aromatic nitrogens is 2. The highest BCUT2D eigenvalue weighted by atomic mass is 15.3. The molecule has 0 unspecified atom stereocenters. The van der Waals surface area contributed by atoms with Crippen molar-refractivity contribution >= 4 is 0 Å². The number of nitrogens with zero attached hydrogens (tertiary/aromatic N) is 2. The fourth-order valence-corrected chi connectivity index (χ4v) is 2.24. The Morgan fingerprint density at radius 1 is 1.21 bits per heavy atom. The third-order valence-electron chi connectivity index (χ3n) is 3.10. The molecule has 0 bridgehead atoms. The van der Waals surface area contributed by atoms with Gasteiger partial charge in [0.25, 0.3) is 0 Å². The van der Waals surface area contributed by atoms with Crippen LogP contribution >= 0.6 is 0 Å². The summed E-state index contributed by atoms with van der Waals surface area (Å²) < 4.78 is 2.03. The summed E-state index contributed by atoms with van der Waals surface area (Å²) in [5, 5.41) is 8.07. The van der Waals surface area contributed by atoms with Gasteiger partial charge in [0.15, 0.2) is 0 Å². The summed E-state index contributed by atoms with van der Waals surface area (Å²) in [6.45, 7) is 10.5. The van der Waals surface area contributed by atoms with Crippen LogP contribution in [0.4, 0.5) is 0 Å². The zero-order chi connectivity index (χ0) is 13.8. The summed E-state index contributed by atoms with van der Waals surface area (Å²) in [5.74, 6) is 0.667. The van der Waals surface area contributed by atoms with Crippen molar-refractivity contribution in [3.05, 3.63) is 47.3 Å². The summed E-state index contributed by atoms with van der Waals surface area (Å²) in [6.07, 6.45) is 0. The Labute approximate surface area is 115 Å². The second-order valence-electron chi connectivity index (χ2n) is 5.49. The molecule has 1 aromatic carbocycles. The number of para-hydroxylation sites is 1. The van der Waals surface area contributed by atoms with E-state index in [0.717, 1.165) is 18.8 Å². The predicted octanol–water partition coefficient (Wildman–Crippen LogP) is 3.23. The van der Waals surface area contributed by atoms with Gasteiger partial charge in [-0.05, 0) is 44.0 Å². The minimum absolute atomic E-state index is 0.667. The van der Waals surface area contributed by atoms with Crippen LogP contribution in [0.5, 0.6) is 0 Å². The van der Waals surface area contributed by atoms with Crippen molar-refractivity contribution in [3.8, 4) is 5.69 Å². The van der Waals surface area contributed by atoms with Gasteiger partial charge >= 0.3 is 0 Å². The van der Waals surface area contributed by atoms with Crippen LogP contribution in [-0.4, -0.2) is 16.3 Å². The van der Waals surface area contributed by atoms with E-state index >= 15 is 0 Å². The van der Waals surface area contributed by atoms with Crippen molar-refractivity contribution in [1.29, 1.82) is 0 Å². The molecule has 1 aromatic heterocycles. The molecule has 0 saturated carbocycles. The standard InChI is InChI=1S/C16H23N3/c1-12(2)10-17-11-15-7-5-6-8-16(15)19-14(4)9-13(3)18-19/h5-9,12,17H,10-11H2,1-4H3. The van der Waals surface area contributed by atoms with E-state index in [9.17, 15) is 0 Å². The molecule has 0 spiro atoms. The van der Waals surface area contributed by atoms with Crippen molar-refractivity contribution in [2.24, 2.45) is 5.92 Å². The molecule has 19 heavy (non-hydrogen) atoms. The van der Waals surface area contributed by atoms with Crippen LogP contribution in [0.15, 0.2) is 30.3 Å². The Hall–Kier alpha value is -1.61. The highest BCUT2D eigenvalue weighted by Gasteiger charge is 2.08. The largest absolute Gasteiger partial charge is 0.312 e. The van der Waals surface area contributed by atoms with E-state index in [1.807, 2.05) is 11.6 Å². The fourth-order valence-electron chi connectivity index (χ4n) is 2.24. The molecule has 1 heterocycles. The van der Waals surface area contributed by atoms with Gasteiger partial charge in [-0.1, -0.05) is 32.0 Å². The molecule has 0 aliphatic rings. The van der Waals surface area contributed by atoms with Crippen molar-refractivity contribution in [2.45, 2.75) is 34.2 Å². The molecule has 0 aliphatic carbocycles. The van der Waals surface area contributed by atoms with Crippen molar-refractivity contribution < 1.29 is 0 Å². The number of aryl methyl sites for hydroxylation is 2. The van der Waals surface area contributed by atoms with Crippen LogP contribution in [0.1, 0.15) is 30.8 Å². The van der Waals surface area contributed by atoms with Gasteiger partial charge in [0, 0.05) is 12.2 Å². The molecule has 0 amide bonds. The number of benzene rings is 1. The monoisotopic (exact) mass is 257 g/mol. The molecular weight excluding hydrogens is 234 g/mol. The molecule has 2 rings (SSSR count). The van der Waals surface area contributed by atoms with Gasteiger partial charge in [-0.25, -0.2) is 4.68 Å². The Morgan fingerprint density at radius 2 is 1.95 bits per heavy atom. The lowest BCUT2D eigenvalue weighted by Crippen LogP contribution is -2.20. The van der Waals surface area contributed by atoms with E-state index in [2.05, 4.69) is 61.5 Å². The highest BCUT2D eigenvalue weighted by Crippen LogP contribution is 2.16. The van der Waals surface area contributed by atoms with E-state index < -0.39 is 0 Å². The smallest absolute Gasteiger partial charge is 0.0693 e. The normalized spacial score (nSPS) is 11.2. The van der Waals surface area contributed by atoms with Crippen LogP contribution in [-0.2, 0) is 6.54 Å². The Balaban J connectivity index is 2.23. The topological polar surface area (TPSA) is 29.9 Å². The maximum absolute atomic E-state index is 4.57. The first-order valence-electron chi connectivity index (χ1n) is 6.90. The maximum atomic E-state index is 4.57. The zero-order valence-electron chi connectivity index (χ0n) is 12.3. The van der Waals surface area contributed by atoms with Gasteiger partial charge in [-0.15, -0.1) is 0 Å². The first kappa shape index (κ1) is 13.8. The van der Waals surface area contributed by atoms with Crippen LogP contribution in [0.3, 0.4) is 0 Å². The van der Waals surface area contributed by atoms with Crippen molar-refractivity contribution in [3.63, 3.8) is 0 Å². The molecule has 0 atom stereocenters. The molecule has 0 saturated heterocycles. The van der Waals surface area contributed by atoms with Gasteiger partial charge in [0.05, 0.1) is 11.4 Å². The summed E-state index contributed by atoms with van der Waals surface area (Å²) in [6, 6.07) is 10.6. The lowest BCUT2D eigenvalue weighted by Gasteiger charge is -2.13. The van der Waals surface area contributed by atoms with Gasteiger partial charge in [-0.2, -0.15) is 5.10 Å². The second kappa shape index (κ2) is 6.02. The van der Waals surface area contributed by atoms with Crippen molar-refractivity contribution in [1.82, 2.24) is 15.1 Å². The predicted molar refractivity (Wildman–Crippen MR) is 79.6 cm³/mol. The second-order valence-corrected chi connectivity index (χ2v) is 5.49. The molecule has 3 nitrogen and oxygen atoms in total. The highest BCUT2D eigenvalue weighted by molar-refractivity contribution is 5.41. The van der Waals surface area contributed by atoms with E-state index in [1.165, 1.54) is 16.9 Å². The Morgan fingerprint density at radius 3 is 2.58 bits per heavy atom. The summed E-state index contributed by atoms with van der Waals surface area (Å²) in [7, 11) is 0. The quantitative estimate of drug-likeness (QED) is 0.891. The minimum atomic E-state index is 0.667. The molecule has 102 valence electrons. The third kappa shape index (κ3) is 3.44. The van der Waals surface area contributed by atoms with E-state index in [-0.39, 0.29) is 0 Å². The SMILES string of the molecule is Cc1cc(C)n(-c2ccccc2CNCC(C)C)n1. The van der Waals surface area contributed by atoms with E-state index in [0.29, 0.717) is 5.92 Å². The molecule has 2 aromatic rings. The van der Waals surface area contributed by atoms with Gasteiger partial charge < -0.3 is 5.32 Å². The van der Waals surface area contributed by atoms with Crippen LogP contribution in [0.2, 0.25) is 0 Å².